The standard InChI is InChI=1S/C14H12O5/c1-17-13-10-5-7-18-12(10)8(2-3-11(15)16)9-4-6-19-14(9)13/h4-7H,2-3H2,1H3,(H,15,16). The van der Waals surface area contributed by atoms with Gasteiger partial charge in [-0.25, -0.2) is 0 Å². The molecule has 0 saturated carbocycles. The van der Waals surface area contributed by atoms with Crippen LogP contribution in [0.3, 0.4) is 0 Å². The Hall–Kier alpha value is -2.43. The van der Waals surface area contributed by atoms with Gasteiger partial charge in [-0.2, -0.15) is 0 Å². The van der Waals surface area contributed by atoms with Gasteiger partial charge in [-0.05, 0) is 18.6 Å². The molecule has 0 fully saturated rings. The van der Waals surface area contributed by atoms with Crippen molar-refractivity contribution in [3.63, 3.8) is 0 Å². The fourth-order valence-electron chi connectivity index (χ4n) is 2.37. The lowest BCUT2D eigenvalue weighted by Crippen LogP contribution is -1.98. The first-order valence-corrected chi connectivity index (χ1v) is 5.87. The Bertz CT molecular complexity index is 698. The summed E-state index contributed by atoms with van der Waals surface area (Å²) in [7, 11) is 1.57. The minimum Gasteiger partial charge on any atom is -0.492 e. The van der Waals surface area contributed by atoms with E-state index in [9.17, 15) is 4.79 Å². The van der Waals surface area contributed by atoms with Crippen LogP contribution in [-0.2, 0) is 11.2 Å². The van der Waals surface area contributed by atoms with E-state index in [4.69, 9.17) is 18.7 Å². The topological polar surface area (TPSA) is 72.8 Å². The number of rotatable bonds is 4. The first-order chi connectivity index (χ1) is 9.22. The van der Waals surface area contributed by atoms with Crippen molar-refractivity contribution in [3.8, 4) is 5.75 Å². The molecule has 0 unspecified atom stereocenters. The molecule has 2 aromatic heterocycles. The fourth-order valence-corrected chi connectivity index (χ4v) is 2.37. The zero-order chi connectivity index (χ0) is 13.4. The van der Waals surface area contributed by atoms with Crippen molar-refractivity contribution in [1.29, 1.82) is 0 Å². The van der Waals surface area contributed by atoms with Gasteiger partial charge in [0.05, 0.1) is 25.0 Å². The van der Waals surface area contributed by atoms with Crippen LogP contribution < -0.4 is 4.74 Å². The number of carboxylic acid groups (broad SMARTS) is 1. The third-order valence-corrected chi connectivity index (χ3v) is 3.17. The van der Waals surface area contributed by atoms with E-state index < -0.39 is 5.97 Å². The molecule has 0 amide bonds. The van der Waals surface area contributed by atoms with Gasteiger partial charge >= 0.3 is 5.97 Å². The first kappa shape index (κ1) is 11.6. The number of carbonyl (C=O) groups is 1. The first-order valence-electron chi connectivity index (χ1n) is 5.87. The summed E-state index contributed by atoms with van der Waals surface area (Å²) in [6.07, 6.45) is 3.56. The summed E-state index contributed by atoms with van der Waals surface area (Å²) in [5, 5.41) is 10.5. The van der Waals surface area contributed by atoms with Crippen LogP contribution >= 0.6 is 0 Å². The number of carboxylic acids is 1. The van der Waals surface area contributed by atoms with Crippen molar-refractivity contribution in [2.45, 2.75) is 12.8 Å². The highest BCUT2D eigenvalue weighted by Crippen LogP contribution is 2.39. The average molecular weight is 260 g/mol. The molecule has 0 saturated heterocycles. The predicted molar refractivity (Wildman–Crippen MR) is 68.5 cm³/mol. The van der Waals surface area contributed by atoms with Gasteiger partial charge in [0.15, 0.2) is 11.3 Å². The maximum atomic E-state index is 10.8. The Morgan fingerprint density at radius 3 is 2.58 bits per heavy atom. The maximum absolute atomic E-state index is 10.8. The van der Waals surface area contributed by atoms with Gasteiger partial charge in [0, 0.05) is 17.4 Å². The second-order valence-electron chi connectivity index (χ2n) is 4.23. The van der Waals surface area contributed by atoms with E-state index in [1.807, 2.05) is 0 Å². The maximum Gasteiger partial charge on any atom is 0.303 e. The normalized spacial score (nSPS) is 11.2. The van der Waals surface area contributed by atoms with Gasteiger partial charge in [-0.3, -0.25) is 4.79 Å². The van der Waals surface area contributed by atoms with Crippen molar-refractivity contribution in [2.75, 3.05) is 7.11 Å². The van der Waals surface area contributed by atoms with E-state index in [0.717, 1.165) is 16.3 Å². The Kier molecular flexibility index (Phi) is 2.67. The fraction of sp³-hybridized carbons (Fsp3) is 0.214. The molecule has 3 aromatic rings. The van der Waals surface area contributed by atoms with Crippen molar-refractivity contribution >= 4 is 27.9 Å². The number of benzene rings is 1. The van der Waals surface area contributed by atoms with Gasteiger partial charge in [0.1, 0.15) is 5.58 Å². The van der Waals surface area contributed by atoms with E-state index in [1.54, 1.807) is 31.8 Å². The summed E-state index contributed by atoms with van der Waals surface area (Å²) in [5.74, 6) is -0.227. The Balaban J connectivity index is 2.30. The lowest BCUT2D eigenvalue weighted by Gasteiger charge is -2.07. The SMILES string of the molecule is COc1c2ccoc2c(CCC(=O)O)c2ccoc12. The van der Waals surface area contributed by atoms with Crippen molar-refractivity contribution in [2.24, 2.45) is 0 Å². The van der Waals surface area contributed by atoms with E-state index >= 15 is 0 Å². The van der Waals surface area contributed by atoms with Crippen LogP contribution in [0.15, 0.2) is 33.5 Å². The minimum atomic E-state index is -0.841. The van der Waals surface area contributed by atoms with Crippen molar-refractivity contribution in [1.82, 2.24) is 0 Å². The van der Waals surface area contributed by atoms with Crippen molar-refractivity contribution < 1.29 is 23.5 Å². The molecule has 5 nitrogen and oxygen atoms in total. The largest absolute Gasteiger partial charge is 0.492 e. The van der Waals surface area contributed by atoms with Crippen LogP contribution in [0, 0.1) is 0 Å². The molecule has 0 atom stereocenters. The number of aryl methyl sites for hydroxylation is 1. The lowest BCUT2D eigenvalue weighted by molar-refractivity contribution is -0.136. The molecule has 0 aliphatic carbocycles. The molecule has 2 heterocycles. The van der Waals surface area contributed by atoms with E-state index in [1.165, 1.54) is 0 Å². The second-order valence-corrected chi connectivity index (χ2v) is 4.23. The van der Waals surface area contributed by atoms with Crippen molar-refractivity contribution in [3.05, 3.63) is 30.2 Å². The highest BCUT2D eigenvalue weighted by atomic mass is 16.5. The number of ether oxygens (including phenoxy) is 1. The molecule has 19 heavy (non-hydrogen) atoms. The zero-order valence-electron chi connectivity index (χ0n) is 10.3. The number of fused-ring (bicyclic) bond motifs is 2. The lowest BCUT2D eigenvalue weighted by atomic mass is 10.0. The summed E-state index contributed by atoms with van der Waals surface area (Å²) in [4.78, 5) is 10.8. The Morgan fingerprint density at radius 1 is 1.21 bits per heavy atom. The molecule has 0 aliphatic rings. The van der Waals surface area contributed by atoms with Gasteiger partial charge in [-0.1, -0.05) is 0 Å². The molecule has 5 heteroatoms. The predicted octanol–water partition coefficient (Wildman–Crippen LogP) is 3.20. The molecule has 0 aliphatic heterocycles. The van der Waals surface area contributed by atoms with Gasteiger partial charge in [0.2, 0.25) is 0 Å². The highest BCUT2D eigenvalue weighted by molar-refractivity contribution is 6.04. The summed E-state index contributed by atoms with van der Waals surface area (Å²) in [5.41, 5.74) is 2.12. The number of methoxy groups -OCH3 is 1. The van der Waals surface area contributed by atoms with Gasteiger partial charge in [-0.15, -0.1) is 0 Å². The molecule has 1 aromatic carbocycles. The van der Waals surface area contributed by atoms with Gasteiger partial charge in [0.25, 0.3) is 0 Å². The molecule has 1 N–H and O–H groups in total. The smallest absolute Gasteiger partial charge is 0.303 e. The Morgan fingerprint density at radius 2 is 1.89 bits per heavy atom. The third-order valence-electron chi connectivity index (χ3n) is 3.17. The number of hydrogen-bond acceptors (Lipinski definition) is 4. The van der Waals surface area contributed by atoms with Crippen LogP contribution in [0.4, 0.5) is 0 Å². The highest BCUT2D eigenvalue weighted by Gasteiger charge is 2.19. The molecule has 0 spiro atoms. The third kappa shape index (κ3) is 1.74. The van der Waals surface area contributed by atoms with Crippen LogP contribution in [-0.4, -0.2) is 18.2 Å². The van der Waals surface area contributed by atoms with Crippen LogP contribution in [0.1, 0.15) is 12.0 Å². The number of hydrogen-bond donors (Lipinski definition) is 1. The number of furan rings is 2. The van der Waals surface area contributed by atoms with E-state index in [0.29, 0.717) is 23.3 Å². The minimum absolute atomic E-state index is 0.0441. The Labute approximate surface area is 108 Å². The summed E-state index contributed by atoms with van der Waals surface area (Å²) < 4.78 is 16.3. The van der Waals surface area contributed by atoms with Crippen LogP contribution in [0.2, 0.25) is 0 Å². The average Bonchev–Trinajstić information content (AvgIpc) is 3.02. The monoisotopic (exact) mass is 260 g/mol. The molecule has 98 valence electrons. The van der Waals surface area contributed by atoms with Crippen LogP contribution in [0.25, 0.3) is 21.9 Å². The summed E-state index contributed by atoms with van der Waals surface area (Å²) in [6.45, 7) is 0. The quantitative estimate of drug-likeness (QED) is 0.779. The molecule has 3 rings (SSSR count). The zero-order valence-corrected chi connectivity index (χ0v) is 10.3. The van der Waals surface area contributed by atoms with Gasteiger partial charge < -0.3 is 18.7 Å². The molecule has 0 bridgehead atoms. The molecular formula is C14H12O5. The number of aliphatic carboxylic acids is 1. The van der Waals surface area contributed by atoms with Crippen LogP contribution in [0.5, 0.6) is 5.75 Å². The van der Waals surface area contributed by atoms with E-state index in [2.05, 4.69) is 0 Å². The summed E-state index contributed by atoms with van der Waals surface area (Å²) in [6, 6.07) is 3.59. The molecular weight excluding hydrogens is 248 g/mol. The summed E-state index contributed by atoms with van der Waals surface area (Å²) >= 11 is 0. The molecule has 0 radical (unpaired) electrons. The van der Waals surface area contributed by atoms with E-state index in [-0.39, 0.29) is 6.42 Å². The second kappa shape index (κ2) is 4.35.